The van der Waals surface area contributed by atoms with E-state index >= 15 is 0 Å². The summed E-state index contributed by atoms with van der Waals surface area (Å²) in [7, 11) is -1.28. The molecular weight excluding hydrogens is 705 g/mol. The molecule has 0 N–H and O–H groups in total. The molecule has 3 saturated carbocycles. The van der Waals surface area contributed by atoms with Gasteiger partial charge >= 0.3 is 0 Å². The van der Waals surface area contributed by atoms with Gasteiger partial charge in [0.15, 0.2) is 8.32 Å². The fraction of sp³-hybridized carbons (Fsp3) is 0.609. The molecule has 54 heavy (non-hydrogen) atoms. The van der Waals surface area contributed by atoms with Crippen LogP contribution in [0.5, 0.6) is 5.75 Å². The van der Waals surface area contributed by atoms with Crippen LogP contribution in [0.1, 0.15) is 79.2 Å². The van der Waals surface area contributed by atoms with Crippen LogP contribution in [-0.4, -0.2) is 62.6 Å². The van der Waals surface area contributed by atoms with Crippen LogP contribution in [0.3, 0.4) is 0 Å². The molecule has 3 fully saturated rings. The Hall–Kier alpha value is -2.31. The fourth-order valence-corrected chi connectivity index (χ4v) is 16.2. The summed E-state index contributed by atoms with van der Waals surface area (Å²) in [5.41, 5.74) is 1.16. The van der Waals surface area contributed by atoms with Crippen LogP contribution >= 0.6 is 0 Å². The number of hydrogen-bond acceptors (Lipinski definition) is 6. The van der Waals surface area contributed by atoms with E-state index in [-0.39, 0.29) is 28.4 Å². The van der Waals surface area contributed by atoms with Crippen LogP contribution in [-0.2, 0) is 29.7 Å². The minimum absolute atomic E-state index is 0.0962. The van der Waals surface area contributed by atoms with E-state index in [0.717, 1.165) is 43.4 Å². The molecule has 0 spiro atoms. The van der Waals surface area contributed by atoms with E-state index in [1.807, 2.05) is 12.1 Å². The van der Waals surface area contributed by atoms with E-state index in [1.165, 1.54) is 10.4 Å². The molecule has 0 bridgehead atoms. The van der Waals surface area contributed by atoms with Crippen LogP contribution in [0.15, 0.2) is 84.9 Å². The molecule has 0 aliphatic heterocycles. The fourth-order valence-electron chi connectivity index (χ4n) is 10.1. The maximum atomic E-state index is 8.08. The van der Waals surface area contributed by atoms with Crippen LogP contribution in [0.4, 0.5) is 0 Å². The van der Waals surface area contributed by atoms with Crippen molar-refractivity contribution >= 4 is 27.0 Å². The first-order chi connectivity index (χ1) is 25.7. The Morgan fingerprint density at radius 2 is 1.20 bits per heavy atom. The van der Waals surface area contributed by atoms with Crippen LogP contribution in [0.2, 0.25) is 23.2 Å². The van der Waals surface area contributed by atoms with Crippen molar-refractivity contribution in [1.82, 2.24) is 0 Å². The van der Waals surface area contributed by atoms with E-state index in [2.05, 4.69) is 127 Å². The molecule has 0 heterocycles. The Balaban J connectivity index is 1.34. The highest BCUT2D eigenvalue weighted by Crippen LogP contribution is 2.59. The summed E-state index contributed by atoms with van der Waals surface area (Å²) in [5, 5.41) is 2.77. The number of ether oxygens (including phenoxy) is 4. The van der Waals surface area contributed by atoms with Crippen LogP contribution in [0.25, 0.3) is 0 Å². The second-order valence-corrected chi connectivity index (χ2v) is 27.9. The summed E-state index contributed by atoms with van der Waals surface area (Å²) < 4.78 is 39.3. The topological polar surface area (TPSA) is 55.4 Å². The predicted octanol–water partition coefficient (Wildman–Crippen LogP) is 9.61. The van der Waals surface area contributed by atoms with Crippen molar-refractivity contribution in [2.75, 3.05) is 27.6 Å². The molecule has 0 unspecified atom stereocenters. The summed E-state index contributed by atoms with van der Waals surface area (Å²) in [4.78, 5) is 0. The lowest BCUT2D eigenvalue weighted by molar-refractivity contribution is -0.128. The molecule has 3 aliphatic rings. The van der Waals surface area contributed by atoms with Crippen molar-refractivity contribution in [1.29, 1.82) is 0 Å². The molecular formula is C46H68O6Si2. The maximum absolute atomic E-state index is 8.08. The summed E-state index contributed by atoms with van der Waals surface area (Å²) in [6, 6.07) is 30.5. The third-order valence-corrected chi connectivity index (χ3v) is 23.3. The first-order valence-electron chi connectivity index (χ1n) is 20.5. The number of hydrogen-bond donors (Lipinski definition) is 0. The van der Waals surface area contributed by atoms with Crippen molar-refractivity contribution in [2.45, 2.75) is 122 Å². The first kappa shape index (κ1) is 41.3. The normalized spacial score (nSPS) is 27.4. The quantitative estimate of drug-likeness (QED) is 0.0872. The van der Waals surface area contributed by atoms with Gasteiger partial charge in [-0.25, -0.2) is 0 Å². The minimum atomic E-state index is -2.79. The van der Waals surface area contributed by atoms with Gasteiger partial charge in [0.05, 0.1) is 19.8 Å². The van der Waals surface area contributed by atoms with Gasteiger partial charge < -0.3 is 27.8 Å². The molecule has 0 radical (unpaired) electrons. The molecule has 3 aliphatic carbocycles. The van der Waals surface area contributed by atoms with Gasteiger partial charge in [0.2, 0.25) is 0 Å². The Bertz CT molecular complexity index is 1560. The molecule has 6 nitrogen and oxygen atoms in total. The van der Waals surface area contributed by atoms with Crippen molar-refractivity contribution in [3.63, 3.8) is 0 Å². The van der Waals surface area contributed by atoms with Crippen molar-refractivity contribution < 1.29 is 27.8 Å². The summed E-state index contributed by atoms with van der Waals surface area (Å²) in [6.45, 7) is 20.7. The van der Waals surface area contributed by atoms with Crippen LogP contribution in [0, 0.1) is 29.6 Å². The van der Waals surface area contributed by atoms with Gasteiger partial charge in [0.1, 0.15) is 12.5 Å². The number of benzene rings is 3. The van der Waals surface area contributed by atoms with Gasteiger partial charge in [-0.3, -0.25) is 0 Å². The molecule has 296 valence electrons. The van der Waals surface area contributed by atoms with Crippen molar-refractivity contribution in [3.8, 4) is 5.75 Å². The highest BCUT2D eigenvalue weighted by molar-refractivity contribution is 6.99. The van der Waals surface area contributed by atoms with E-state index < -0.39 is 16.6 Å². The lowest BCUT2D eigenvalue weighted by Crippen LogP contribution is -2.68. The van der Waals surface area contributed by atoms with Crippen molar-refractivity contribution in [3.05, 3.63) is 90.5 Å². The molecule has 0 saturated heterocycles. The van der Waals surface area contributed by atoms with Gasteiger partial charge in [-0.1, -0.05) is 114 Å². The van der Waals surface area contributed by atoms with Gasteiger partial charge in [-0.05, 0) is 113 Å². The molecule has 0 aromatic heterocycles. The smallest absolute Gasteiger partial charge is 0.261 e. The standard InChI is InChI=1S/C46H68O6Si2/c1-45(2,3)53(9,10)51-35-27-39-41-30-44(52-54(46(4,5)6,36-17-13-11-14-18-36)37-19-15-12-16-20-37)38(40(41)29-43(42(39)28-35)50-32-47-7)25-26-49-31-33-21-23-34(48-8)24-22-33/h11-24,35,38-44H,25-32H2,1-10H3/t35-,38+,39-,40-,41-,42-,43-,44+/m0/s1. The monoisotopic (exact) mass is 772 g/mol. The van der Waals surface area contributed by atoms with E-state index in [9.17, 15) is 0 Å². The number of fused-ring (bicyclic) bond motifs is 3. The third kappa shape index (κ3) is 8.65. The van der Waals surface area contributed by atoms with Gasteiger partial charge in [0, 0.05) is 25.9 Å². The molecule has 0 amide bonds. The van der Waals surface area contributed by atoms with Crippen LogP contribution < -0.4 is 15.1 Å². The van der Waals surface area contributed by atoms with E-state index in [4.69, 9.17) is 27.8 Å². The largest absolute Gasteiger partial charge is 0.497 e. The van der Waals surface area contributed by atoms with E-state index in [1.54, 1.807) is 14.2 Å². The number of methoxy groups -OCH3 is 2. The Morgan fingerprint density at radius 1 is 0.630 bits per heavy atom. The third-order valence-electron chi connectivity index (χ3n) is 13.7. The summed E-state index contributed by atoms with van der Waals surface area (Å²) >= 11 is 0. The molecule has 8 atom stereocenters. The zero-order valence-corrected chi connectivity index (χ0v) is 36.8. The minimum Gasteiger partial charge on any atom is -0.497 e. The second kappa shape index (κ2) is 17.0. The number of rotatable bonds is 15. The second-order valence-electron chi connectivity index (χ2n) is 18.9. The van der Waals surface area contributed by atoms with E-state index in [0.29, 0.717) is 49.6 Å². The SMILES string of the molecule is COCO[C@H]1C[C@@H]2[C@@H](C[C@@H](O[Si](c3ccccc3)(c3ccccc3)C(C)(C)C)[C@@H]2CCOCc2ccc(OC)cc2)[C@@H]2C[C@H](O[Si](C)(C)C(C)(C)C)C[C@@H]21. The zero-order chi connectivity index (χ0) is 38.7. The molecule has 6 rings (SSSR count). The Morgan fingerprint density at radius 3 is 1.76 bits per heavy atom. The lowest BCUT2D eigenvalue weighted by Gasteiger charge is -2.46. The van der Waals surface area contributed by atoms with Crippen molar-refractivity contribution in [2.24, 2.45) is 29.6 Å². The average molecular weight is 773 g/mol. The first-order valence-corrected chi connectivity index (χ1v) is 25.3. The predicted molar refractivity (Wildman–Crippen MR) is 224 cm³/mol. The van der Waals surface area contributed by atoms with Gasteiger partial charge in [-0.15, -0.1) is 0 Å². The zero-order valence-electron chi connectivity index (χ0n) is 34.8. The Kier molecular flexibility index (Phi) is 13.0. The Labute approximate surface area is 328 Å². The summed E-state index contributed by atoms with van der Waals surface area (Å²) in [5.74, 6) is 3.25. The van der Waals surface area contributed by atoms with Gasteiger partial charge in [0.25, 0.3) is 8.32 Å². The molecule has 3 aromatic rings. The average Bonchev–Trinajstić information content (AvgIpc) is 3.71. The van der Waals surface area contributed by atoms with Gasteiger partial charge in [-0.2, -0.15) is 0 Å². The highest BCUT2D eigenvalue weighted by Gasteiger charge is 2.60. The highest BCUT2D eigenvalue weighted by atomic mass is 28.4. The molecule has 8 heteroatoms. The summed E-state index contributed by atoms with van der Waals surface area (Å²) in [6.07, 6.45) is 5.78. The maximum Gasteiger partial charge on any atom is 0.261 e. The lowest BCUT2D eigenvalue weighted by atomic mass is 9.66. The molecule has 3 aromatic carbocycles.